The molecule has 0 radical (unpaired) electrons. The number of hydrogen-bond donors (Lipinski definition) is 3. The number of aromatic nitrogens is 2. The summed E-state index contributed by atoms with van der Waals surface area (Å²) in [7, 11) is 0. The van der Waals surface area contributed by atoms with Crippen LogP contribution in [0.15, 0.2) is 60.9 Å². The second kappa shape index (κ2) is 9.42. The van der Waals surface area contributed by atoms with Crippen LogP contribution in [0.1, 0.15) is 17.0 Å². The van der Waals surface area contributed by atoms with Gasteiger partial charge in [-0.15, -0.1) is 0 Å². The van der Waals surface area contributed by atoms with Crippen molar-refractivity contribution in [2.75, 3.05) is 18.5 Å². The Labute approximate surface area is 190 Å². The average molecular weight is 476 g/mol. The number of halogens is 4. The van der Waals surface area contributed by atoms with Crippen LogP contribution in [-0.2, 0) is 6.18 Å². The van der Waals surface area contributed by atoms with Gasteiger partial charge in [-0.25, -0.2) is 9.97 Å². The molecule has 33 heavy (non-hydrogen) atoms. The summed E-state index contributed by atoms with van der Waals surface area (Å²) < 4.78 is 51.8. The highest BCUT2D eigenvalue weighted by Gasteiger charge is 2.30. The van der Waals surface area contributed by atoms with Crippen molar-refractivity contribution in [2.24, 2.45) is 5.73 Å². The minimum absolute atomic E-state index is 0.258. The Morgan fingerprint density at radius 2 is 1.76 bits per heavy atom. The van der Waals surface area contributed by atoms with E-state index in [9.17, 15) is 22.7 Å². The number of alkyl halides is 3. The summed E-state index contributed by atoms with van der Waals surface area (Å²) in [5, 5.41) is 15.0. The van der Waals surface area contributed by atoms with Crippen LogP contribution in [0.25, 0.3) is 21.2 Å². The normalized spacial score (nSPS) is 13.8. The number of fused-ring (bicyclic) bond motifs is 1. The third kappa shape index (κ3) is 5.29. The molecule has 172 valence electrons. The van der Waals surface area contributed by atoms with Crippen molar-refractivity contribution in [3.63, 3.8) is 0 Å². The fourth-order valence-electron chi connectivity index (χ4n) is 3.51. The van der Waals surface area contributed by atoms with Gasteiger partial charge in [-0.1, -0.05) is 35.6 Å². The predicted octanol–water partition coefficient (Wildman–Crippen LogP) is 5.03. The molecule has 4 rings (SSSR count). The highest BCUT2D eigenvalue weighted by Crippen LogP contribution is 2.32. The molecule has 2 aromatic heterocycles. The lowest BCUT2D eigenvalue weighted by Crippen LogP contribution is -2.37. The summed E-state index contributed by atoms with van der Waals surface area (Å²) in [4.78, 5) is 8.85. The van der Waals surface area contributed by atoms with Gasteiger partial charge < -0.3 is 16.2 Å². The maximum absolute atomic E-state index is 13.4. The number of rotatable bonds is 7. The van der Waals surface area contributed by atoms with E-state index in [1.165, 1.54) is 35.7 Å². The first-order valence-electron chi connectivity index (χ1n) is 10.0. The number of hydrogen-bond acceptors (Lipinski definition) is 6. The van der Waals surface area contributed by atoms with Crippen LogP contribution in [0.4, 0.5) is 22.7 Å². The summed E-state index contributed by atoms with van der Waals surface area (Å²) in [5.41, 5.74) is 6.87. The molecule has 2 heterocycles. The van der Waals surface area contributed by atoms with Crippen LogP contribution in [0.5, 0.6) is 0 Å². The van der Waals surface area contributed by atoms with Crippen LogP contribution < -0.4 is 11.1 Å². The highest BCUT2D eigenvalue weighted by atomic mass is 32.1. The van der Waals surface area contributed by atoms with Crippen LogP contribution in [0, 0.1) is 5.95 Å². The number of benzene rings is 2. The average Bonchev–Trinajstić information content (AvgIpc) is 3.26. The van der Waals surface area contributed by atoms with Crippen LogP contribution in [-0.4, -0.2) is 34.3 Å². The molecule has 0 saturated heterocycles. The van der Waals surface area contributed by atoms with Gasteiger partial charge in [-0.05, 0) is 34.7 Å². The van der Waals surface area contributed by atoms with Crippen molar-refractivity contribution < 1.29 is 22.7 Å². The summed E-state index contributed by atoms with van der Waals surface area (Å²) in [5.74, 6) is -1.09. The van der Waals surface area contributed by atoms with E-state index in [1.54, 1.807) is 6.20 Å². The molecule has 0 aliphatic heterocycles. The van der Waals surface area contributed by atoms with Crippen molar-refractivity contribution in [2.45, 2.75) is 18.1 Å². The zero-order chi connectivity index (χ0) is 23.6. The second-order valence-corrected chi connectivity index (χ2v) is 8.58. The number of nitrogens with one attached hydrogen (secondary N) is 1. The third-order valence-electron chi connectivity index (χ3n) is 5.35. The van der Waals surface area contributed by atoms with Gasteiger partial charge in [0.1, 0.15) is 0 Å². The zero-order valence-corrected chi connectivity index (χ0v) is 18.0. The van der Waals surface area contributed by atoms with Crippen molar-refractivity contribution in [1.29, 1.82) is 0 Å². The molecule has 10 heteroatoms. The lowest BCUT2D eigenvalue weighted by molar-refractivity contribution is -0.137. The van der Waals surface area contributed by atoms with Gasteiger partial charge in [0.25, 0.3) is 0 Å². The van der Waals surface area contributed by atoms with Gasteiger partial charge in [0, 0.05) is 42.4 Å². The van der Waals surface area contributed by atoms with E-state index >= 15 is 0 Å². The lowest BCUT2D eigenvalue weighted by Gasteiger charge is -2.23. The largest absolute Gasteiger partial charge is 0.416 e. The van der Waals surface area contributed by atoms with E-state index in [-0.39, 0.29) is 13.2 Å². The van der Waals surface area contributed by atoms with E-state index in [0.29, 0.717) is 10.7 Å². The smallest absolute Gasteiger partial charge is 0.396 e. The summed E-state index contributed by atoms with van der Waals surface area (Å²) in [6.07, 6.45) is -1.25. The first kappa shape index (κ1) is 23.1. The first-order valence-corrected chi connectivity index (χ1v) is 10.9. The van der Waals surface area contributed by atoms with E-state index in [2.05, 4.69) is 15.3 Å². The standard InChI is InChI=1S/C23H20F4N4OS/c24-21-8-16-7-14(1-2-15(16)9-29-21)20-11-31-22(33-20)30-10-19(28)18(12-32)13-3-5-17(6-4-13)23(25,26)27/h1-9,11,18-19,32H,10,12,28H2,(H,30,31)/t18-,19+/m1/s1. The summed E-state index contributed by atoms with van der Waals surface area (Å²) in [6.45, 7) is -0.0480. The Hall–Kier alpha value is -3.08. The van der Waals surface area contributed by atoms with E-state index in [1.807, 2.05) is 18.2 Å². The first-order chi connectivity index (χ1) is 15.7. The monoisotopic (exact) mass is 476 g/mol. The van der Waals surface area contributed by atoms with Gasteiger partial charge in [-0.3, -0.25) is 0 Å². The molecule has 0 aliphatic carbocycles. The molecule has 0 spiro atoms. The quantitative estimate of drug-likeness (QED) is 0.257. The Morgan fingerprint density at radius 1 is 1.00 bits per heavy atom. The molecule has 2 aromatic carbocycles. The van der Waals surface area contributed by atoms with E-state index < -0.39 is 29.6 Å². The minimum atomic E-state index is -4.42. The van der Waals surface area contributed by atoms with E-state index in [4.69, 9.17) is 5.73 Å². The third-order valence-corrected chi connectivity index (χ3v) is 6.35. The van der Waals surface area contributed by atoms with Crippen molar-refractivity contribution in [3.05, 3.63) is 78.0 Å². The Balaban J connectivity index is 1.43. The van der Waals surface area contributed by atoms with Crippen LogP contribution >= 0.6 is 11.3 Å². The summed E-state index contributed by atoms with van der Waals surface area (Å²) >= 11 is 1.39. The number of aliphatic hydroxyl groups excluding tert-OH is 1. The van der Waals surface area contributed by atoms with Crippen LogP contribution in [0.2, 0.25) is 0 Å². The predicted molar refractivity (Wildman–Crippen MR) is 121 cm³/mol. The molecule has 0 aliphatic rings. The fraction of sp³-hybridized carbons (Fsp3) is 0.217. The molecule has 0 bridgehead atoms. The molecule has 4 aromatic rings. The zero-order valence-electron chi connectivity index (χ0n) is 17.2. The lowest BCUT2D eigenvalue weighted by atomic mass is 9.92. The molecule has 4 N–H and O–H groups in total. The van der Waals surface area contributed by atoms with Crippen molar-refractivity contribution in [1.82, 2.24) is 9.97 Å². The van der Waals surface area contributed by atoms with Crippen molar-refractivity contribution >= 4 is 27.2 Å². The minimum Gasteiger partial charge on any atom is -0.396 e. The van der Waals surface area contributed by atoms with Gasteiger partial charge in [0.05, 0.1) is 17.0 Å². The Morgan fingerprint density at radius 3 is 2.45 bits per heavy atom. The topological polar surface area (TPSA) is 84.1 Å². The summed E-state index contributed by atoms with van der Waals surface area (Å²) in [6, 6.07) is 11.1. The maximum Gasteiger partial charge on any atom is 0.416 e. The van der Waals surface area contributed by atoms with E-state index in [0.717, 1.165) is 33.3 Å². The molecule has 0 fully saturated rings. The Kier molecular flexibility index (Phi) is 6.59. The second-order valence-electron chi connectivity index (χ2n) is 7.55. The number of nitrogens with two attached hydrogens (primary N) is 1. The van der Waals surface area contributed by atoms with Gasteiger partial charge in [0.2, 0.25) is 5.95 Å². The van der Waals surface area contributed by atoms with Gasteiger partial charge in [0.15, 0.2) is 5.13 Å². The highest BCUT2D eigenvalue weighted by molar-refractivity contribution is 7.18. The molecule has 0 amide bonds. The maximum atomic E-state index is 13.4. The number of thiazole rings is 1. The van der Waals surface area contributed by atoms with Crippen molar-refractivity contribution in [3.8, 4) is 10.4 Å². The van der Waals surface area contributed by atoms with Gasteiger partial charge >= 0.3 is 6.18 Å². The molecule has 0 saturated carbocycles. The number of pyridine rings is 1. The molecule has 0 unspecified atom stereocenters. The molecule has 2 atom stereocenters. The fourth-order valence-corrected chi connectivity index (χ4v) is 4.33. The SMILES string of the molecule is N[C@@H](CNc1ncc(-c2ccc3cnc(F)cc3c2)s1)[C@H](CO)c1ccc(C(F)(F)F)cc1. The number of anilines is 1. The Bertz CT molecular complexity index is 1240. The molecular formula is C23H20F4N4OS. The van der Waals surface area contributed by atoms with Gasteiger partial charge in [-0.2, -0.15) is 17.6 Å². The molecule has 5 nitrogen and oxygen atoms in total. The number of nitrogens with zero attached hydrogens (tertiary/aromatic N) is 2. The molecular weight excluding hydrogens is 456 g/mol. The van der Waals surface area contributed by atoms with Crippen LogP contribution in [0.3, 0.4) is 0 Å². The number of aliphatic hydroxyl groups is 1.